The zero-order valence-electron chi connectivity index (χ0n) is 15.5. The monoisotopic (exact) mass is 402 g/mol. The first-order chi connectivity index (χ1) is 13.4. The van der Waals surface area contributed by atoms with E-state index in [0.29, 0.717) is 5.65 Å². The number of halogens is 4. The van der Waals surface area contributed by atoms with Gasteiger partial charge >= 0.3 is 13.3 Å². The highest BCUT2D eigenvalue weighted by molar-refractivity contribution is 6.50. The number of rotatable bonds is 1. The number of likely N-dealkylation sites (tertiary alicyclic amines) is 1. The molecule has 2 aromatic rings. The summed E-state index contributed by atoms with van der Waals surface area (Å²) in [6.07, 6.45) is 9.23. The van der Waals surface area contributed by atoms with Gasteiger partial charge in [0, 0.05) is 6.20 Å². The normalized spacial score (nSPS) is 17.9. The maximum absolute atomic E-state index is 9.75. The fraction of sp³-hybridized carbons (Fsp3) is 0.625. The van der Waals surface area contributed by atoms with E-state index in [1.807, 2.05) is 12.1 Å². The van der Waals surface area contributed by atoms with E-state index in [-0.39, 0.29) is 0 Å². The number of aromatic nitrogens is 4. The largest absolute Gasteiger partial charge is 0.673 e. The van der Waals surface area contributed by atoms with E-state index in [1.54, 1.807) is 6.20 Å². The topological polar surface area (TPSA) is 59.1 Å². The molecule has 4 heterocycles. The summed E-state index contributed by atoms with van der Waals surface area (Å²) in [7, 11) is -6.00. The summed E-state index contributed by atoms with van der Waals surface area (Å²) in [5.41, 5.74) is 1.42. The van der Waals surface area contributed by atoms with Crippen molar-refractivity contribution in [2.75, 3.05) is 26.2 Å². The molecule has 0 radical (unpaired) electrons. The van der Waals surface area contributed by atoms with Gasteiger partial charge in [0.05, 0.1) is 26.2 Å². The van der Waals surface area contributed by atoms with Crippen LogP contribution in [0.4, 0.5) is 17.3 Å². The molecule has 12 heteroatoms. The molecule has 0 amide bonds. The van der Waals surface area contributed by atoms with Crippen molar-refractivity contribution in [3.05, 3.63) is 18.3 Å². The first kappa shape index (κ1) is 20.3. The Morgan fingerprint density at radius 3 is 2.32 bits per heavy atom. The van der Waals surface area contributed by atoms with Crippen LogP contribution in [0.25, 0.3) is 11.2 Å². The molecular weight excluding hydrogens is 379 g/mol. The summed E-state index contributed by atoms with van der Waals surface area (Å²) in [5.74, 6) is 0. The number of piperidine rings is 2. The molecule has 0 atom stereocenters. The van der Waals surface area contributed by atoms with Gasteiger partial charge in [-0.1, -0.05) is 0 Å². The van der Waals surface area contributed by atoms with Crippen molar-refractivity contribution in [2.24, 2.45) is 0 Å². The maximum Gasteiger partial charge on any atom is 0.673 e. The highest BCUT2D eigenvalue weighted by Crippen LogP contribution is 2.13. The molecule has 2 saturated heterocycles. The fourth-order valence-corrected chi connectivity index (χ4v) is 3.37. The summed E-state index contributed by atoms with van der Waals surface area (Å²) < 4.78 is 41.4. The molecule has 0 N–H and O–H groups in total. The predicted octanol–water partition coefficient (Wildman–Crippen LogP) is 2.59. The zero-order chi connectivity index (χ0) is 20.0. The Morgan fingerprint density at radius 1 is 1.00 bits per heavy atom. The molecule has 0 aromatic carbocycles. The molecule has 28 heavy (non-hydrogen) atoms. The SMILES string of the molecule is F[B-](F)(F)F.c1cnc2c(c1)nnn2OC(N1CCCCC1)=[N+]1CCCCC1. The molecule has 0 spiro atoms. The lowest BCUT2D eigenvalue weighted by atomic mass is 10.1. The second-order valence-corrected chi connectivity index (χ2v) is 6.77. The minimum atomic E-state index is -6.00. The van der Waals surface area contributed by atoms with Gasteiger partial charge in [0.1, 0.15) is 5.52 Å². The molecule has 0 aliphatic carbocycles. The number of nitrogens with zero attached hydrogens (tertiary/aromatic N) is 6. The Kier molecular flexibility index (Phi) is 6.68. The van der Waals surface area contributed by atoms with Gasteiger partial charge in [0.15, 0.2) is 0 Å². The third kappa shape index (κ3) is 5.80. The van der Waals surface area contributed by atoms with Crippen LogP contribution in [-0.4, -0.2) is 69.1 Å². The fourth-order valence-electron chi connectivity index (χ4n) is 3.37. The van der Waals surface area contributed by atoms with Gasteiger partial charge in [0.25, 0.3) is 0 Å². The van der Waals surface area contributed by atoms with Gasteiger partial charge in [-0.05, 0) is 60.7 Å². The first-order valence-electron chi connectivity index (χ1n) is 9.51. The number of hydrogen-bond donors (Lipinski definition) is 0. The lowest BCUT2D eigenvalue weighted by Crippen LogP contribution is -2.48. The van der Waals surface area contributed by atoms with Crippen LogP contribution in [0.3, 0.4) is 0 Å². The molecular formula is C16H23BF4N6O. The minimum Gasteiger partial charge on any atom is -0.418 e. The Bertz CT molecular complexity index is 792. The van der Waals surface area contributed by atoms with E-state index in [1.165, 1.54) is 43.4 Å². The summed E-state index contributed by atoms with van der Waals surface area (Å²) >= 11 is 0. The lowest BCUT2D eigenvalue weighted by Gasteiger charge is -2.25. The summed E-state index contributed by atoms with van der Waals surface area (Å²) in [6, 6.07) is 4.68. The molecule has 2 aliphatic rings. The van der Waals surface area contributed by atoms with Crippen molar-refractivity contribution >= 4 is 24.4 Å². The van der Waals surface area contributed by atoms with Crippen LogP contribution in [0.1, 0.15) is 38.5 Å². The number of hydrogen-bond acceptors (Lipinski definition) is 4. The predicted molar refractivity (Wildman–Crippen MR) is 96.4 cm³/mol. The van der Waals surface area contributed by atoms with E-state index in [0.717, 1.165) is 37.7 Å². The minimum absolute atomic E-state index is 0.666. The van der Waals surface area contributed by atoms with Crippen LogP contribution in [0, 0.1) is 0 Å². The molecule has 4 rings (SSSR count). The molecule has 0 saturated carbocycles. The molecule has 0 unspecified atom stereocenters. The molecule has 7 nitrogen and oxygen atoms in total. The third-order valence-electron chi connectivity index (χ3n) is 4.60. The molecule has 154 valence electrons. The van der Waals surface area contributed by atoms with Crippen molar-refractivity contribution in [1.29, 1.82) is 0 Å². The number of fused-ring (bicyclic) bond motifs is 1. The Hall–Kier alpha value is -2.40. The summed E-state index contributed by atoms with van der Waals surface area (Å²) in [4.78, 5) is 14.4. The van der Waals surface area contributed by atoms with Crippen molar-refractivity contribution in [1.82, 2.24) is 25.0 Å². The summed E-state index contributed by atoms with van der Waals surface area (Å²) in [6.45, 7) is 4.19. The van der Waals surface area contributed by atoms with Crippen LogP contribution < -0.4 is 4.84 Å². The quantitative estimate of drug-likeness (QED) is 0.318. The maximum atomic E-state index is 9.75. The van der Waals surface area contributed by atoms with Crippen molar-refractivity contribution < 1.29 is 26.7 Å². The van der Waals surface area contributed by atoms with Crippen molar-refractivity contribution in [3.8, 4) is 0 Å². The van der Waals surface area contributed by atoms with Crippen molar-refractivity contribution in [2.45, 2.75) is 38.5 Å². The van der Waals surface area contributed by atoms with Crippen LogP contribution in [0.15, 0.2) is 18.3 Å². The van der Waals surface area contributed by atoms with Gasteiger partial charge in [-0.25, -0.2) is 14.5 Å². The lowest BCUT2D eigenvalue weighted by molar-refractivity contribution is -0.550. The second kappa shape index (κ2) is 9.20. The highest BCUT2D eigenvalue weighted by Gasteiger charge is 2.30. The van der Waals surface area contributed by atoms with Crippen LogP contribution in [-0.2, 0) is 0 Å². The van der Waals surface area contributed by atoms with E-state index >= 15 is 0 Å². The standard InChI is InChI=1S/C16H23N6O.BF4/c1-3-10-20(11-4-1)16(21-12-5-2-6-13-21)23-22-15-14(18-19-22)8-7-9-17-15;2-1(3,4)5/h7-9H,1-6,10-13H2;/q+1;-1. The number of pyridine rings is 1. The van der Waals surface area contributed by atoms with E-state index in [2.05, 4.69) is 24.8 Å². The second-order valence-electron chi connectivity index (χ2n) is 6.77. The first-order valence-corrected chi connectivity index (χ1v) is 9.51. The van der Waals surface area contributed by atoms with Crippen LogP contribution in [0.5, 0.6) is 0 Å². The zero-order valence-corrected chi connectivity index (χ0v) is 15.5. The Balaban J connectivity index is 0.000000403. The van der Waals surface area contributed by atoms with Gasteiger partial charge in [0.2, 0.25) is 5.65 Å². The van der Waals surface area contributed by atoms with Crippen LogP contribution in [0.2, 0.25) is 0 Å². The van der Waals surface area contributed by atoms with Gasteiger partial charge in [-0.2, -0.15) is 0 Å². The summed E-state index contributed by atoms with van der Waals surface area (Å²) in [5, 5.41) is 8.27. The average molecular weight is 402 g/mol. The van der Waals surface area contributed by atoms with Crippen molar-refractivity contribution in [3.63, 3.8) is 0 Å². The van der Waals surface area contributed by atoms with Gasteiger partial charge in [-0.3, -0.25) is 4.84 Å². The molecule has 0 bridgehead atoms. The molecule has 2 aromatic heterocycles. The molecule has 2 fully saturated rings. The average Bonchev–Trinajstić information content (AvgIpc) is 3.09. The smallest absolute Gasteiger partial charge is 0.418 e. The van der Waals surface area contributed by atoms with E-state index in [4.69, 9.17) is 4.84 Å². The van der Waals surface area contributed by atoms with E-state index in [9.17, 15) is 17.3 Å². The van der Waals surface area contributed by atoms with Gasteiger partial charge < -0.3 is 17.3 Å². The third-order valence-corrected chi connectivity index (χ3v) is 4.60. The Labute approximate surface area is 160 Å². The Morgan fingerprint density at radius 2 is 1.64 bits per heavy atom. The van der Waals surface area contributed by atoms with Crippen LogP contribution >= 0.6 is 0 Å². The highest BCUT2D eigenvalue weighted by atomic mass is 19.5. The molecule has 2 aliphatic heterocycles. The number of amidine groups is 1. The van der Waals surface area contributed by atoms with E-state index < -0.39 is 7.25 Å². The van der Waals surface area contributed by atoms with Gasteiger partial charge in [-0.15, -0.1) is 5.10 Å².